The molecule has 0 aromatic heterocycles. The van der Waals surface area contributed by atoms with Gasteiger partial charge < -0.3 is 0 Å². The van der Waals surface area contributed by atoms with Crippen LogP contribution in [0, 0.1) is 35.3 Å². The van der Waals surface area contributed by atoms with Gasteiger partial charge in [-0.3, -0.25) is 0 Å². The minimum absolute atomic E-state index is 0.192. The van der Waals surface area contributed by atoms with Crippen LogP contribution >= 0.6 is 0 Å². The van der Waals surface area contributed by atoms with Crippen molar-refractivity contribution in [3.63, 3.8) is 0 Å². The normalized spacial score (nSPS) is 27.7. The summed E-state index contributed by atoms with van der Waals surface area (Å²) in [4.78, 5) is 0. The van der Waals surface area contributed by atoms with E-state index in [1.165, 1.54) is 76.3 Å². The van der Waals surface area contributed by atoms with Crippen LogP contribution in [0.15, 0.2) is 42.5 Å². The Balaban J connectivity index is 1.29. The van der Waals surface area contributed by atoms with Crippen LogP contribution in [-0.2, 0) is 0 Å². The van der Waals surface area contributed by atoms with Crippen molar-refractivity contribution < 1.29 is 8.78 Å². The topological polar surface area (TPSA) is 0 Å². The summed E-state index contributed by atoms with van der Waals surface area (Å²) in [5.41, 5.74) is 2.42. The third-order valence-electron chi connectivity index (χ3n) is 8.45. The van der Waals surface area contributed by atoms with Crippen molar-refractivity contribution in [2.45, 2.75) is 84.0 Å². The van der Waals surface area contributed by atoms with Crippen LogP contribution < -0.4 is 0 Å². The van der Waals surface area contributed by atoms with Gasteiger partial charge in [0.15, 0.2) is 0 Å². The first-order valence-corrected chi connectivity index (χ1v) is 12.6. The molecule has 2 fully saturated rings. The van der Waals surface area contributed by atoms with Crippen molar-refractivity contribution in [3.05, 3.63) is 59.7 Å². The van der Waals surface area contributed by atoms with Gasteiger partial charge in [-0.25, -0.2) is 8.78 Å². The van der Waals surface area contributed by atoms with E-state index in [2.05, 4.69) is 19.9 Å². The van der Waals surface area contributed by atoms with E-state index in [1.54, 1.807) is 18.2 Å². The van der Waals surface area contributed by atoms with Gasteiger partial charge in [0.2, 0.25) is 0 Å². The molecular weight excluding hydrogens is 386 g/mol. The van der Waals surface area contributed by atoms with Crippen molar-refractivity contribution in [2.24, 2.45) is 23.7 Å². The highest BCUT2D eigenvalue weighted by atomic mass is 19.1. The summed E-state index contributed by atoms with van der Waals surface area (Å²) in [6, 6.07) is 11.8. The van der Waals surface area contributed by atoms with Crippen LogP contribution in [0.5, 0.6) is 0 Å². The average molecular weight is 425 g/mol. The summed E-state index contributed by atoms with van der Waals surface area (Å²) < 4.78 is 28.0. The smallest absolute Gasteiger partial charge is 0.131 e. The molecule has 0 heterocycles. The average Bonchev–Trinajstić information content (AvgIpc) is 2.80. The molecule has 0 aliphatic heterocycles. The molecule has 2 aromatic rings. The van der Waals surface area contributed by atoms with Gasteiger partial charge in [0.05, 0.1) is 0 Å². The molecule has 1 atom stereocenters. The fourth-order valence-corrected chi connectivity index (χ4v) is 6.26. The second-order valence-electron chi connectivity index (χ2n) is 10.4. The molecule has 2 aliphatic carbocycles. The maximum absolute atomic E-state index is 14.8. The molecule has 2 aromatic carbocycles. The van der Waals surface area contributed by atoms with Crippen LogP contribution in [0.2, 0.25) is 0 Å². The zero-order chi connectivity index (χ0) is 21.8. The molecule has 0 saturated heterocycles. The molecule has 0 radical (unpaired) electrons. The Kier molecular flexibility index (Phi) is 7.46. The summed E-state index contributed by atoms with van der Waals surface area (Å²) in [5.74, 6) is 3.61. The van der Waals surface area contributed by atoms with Crippen molar-refractivity contribution in [2.75, 3.05) is 0 Å². The lowest BCUT2D eigenvalue weighted by Gasteiger charge is -2.35. The molecule has 1 unspecified atom stereocenters. The Morgan fingerprint density at radius 1 is 0.806 bits per heavy atom. The Labute approximate surface area is 187 Å². The van der Waals surface area contributed by atoms with E-state index in [9.17, 15) is 8.78 Å². The van der Waals surface area contributed by atoms with Gasteiger partial charge in [-0.1, -0.05) is 57.4 Å². The van der Waals surface area contributed by atoms with Gasteiger partial charge in [-0.15, -0.1) is 0 Å². The number of halogens is 2. The number of benzene rings is 2. The maximum Gasteiger partial charge on any atom is 0.131 e. The molecule has 2 aliphatic rings. The van der Waals surface area contributed by atoms with E-state index in [0.717, 1.165) is 34.8 Å². The lowest BCUT2D eigenvalue weighted by atomic mass is 9.70. The molecule has 2 heteroatoms. The number of hydrogen-bond acceptors (Lipinski definition) is 0. The fraction of sp³-hybridized carbons (Fsp3) is 0.586. The highest BCUT2D eigenvalue weighted by Gasteiger charge is 2.29. The SMILES string of the molecule is CCC1CCC(C(C)CC2CCC(c3ccc(-c4ccc(F)cc4)c(F)c3)CC2)CC1. The Hall–Kier alpha value is -1.70. The molecular formula is C29H38F2. The molecule has 2 saturated carbocycles. The molecule has 4 rings (SSSR count). The van der Waals surface area contributed by atoms with Crippen LogP contribution in [0.25, 0.3) is 11.1 Å². The summed E-state index contributed by atoms with van der Waals surface area (Å²) >= 11 is 0. The third-order valence-corrected chi connectivity index (χ3v) is 8.45. The summed E-state index contributed by atoms with van der Waals surface area (Å²) in [5, 5.41) is 0. The Bertz CT molecular complexity index is 824. The van der Waals surface area contributed by atoms with Crippen molar-refractivity contribution >= 4 is 0 Å². The minimum Gasteiger partial charge on any atom is -0.207 e. The minimum atomic E-state index is -0.291. The molecule has 31 heavy (non-hydrogen) atoms. The van der Waals surface area contributed by atoms with Gasteiger partial charge >= 0.3 is 0 Å². The zero-order valence-corrected chi connectivity index (χ0v) is 19.3. The quantitative estimate of drug-likeness (QED) is 0.433. The van der Waals surface area contributed by atoms with E-state index >= 15 is 0 Å². The fourth-order valence-electron chi connectivity index (χ4n) is 6.26. The van der Waals surface area contributed by atoms with Gasteiger partial charge in [0.1, 0.15) is 11.6 Å². The number of rotatable bonds is 6. The zero-order valence-electron chi connectivity index (χ0n) is 19.3. The Morgan fingerprint density at radius 2 is 1.45 bits per heavy atom. The molecule has 0 bridgehead atoms. The van der Waals surface area contributed by atoms with E-state index in [4.69, 9.17) is 0 Å². The van der Waals surface area contributed by atoms with Crippen molar-refractivity contribution in [1.29, 1.82) is 0 Å². The van der Waals surface area contributed by atoms with E-state index < -0.39 is 0 Å². The maximum atomic E-state index is 14.8. The van der Waals surface area contributed by atoms with Crippen LogP contribution in [0.4, 0.5) is 8.78 Å². The summed E-state index contributed by atoms with van der Waals surface area (Å²) in [6.45, 7) is 4.83. The van der Waals surface area contributed by atoms with Crippen molar-refractivity contribution in [1.82, 2.24) is 0 Å². The van der Waals surface area contributed by atoms with Gasteiger partial charge in [-0.2, -0.15) is 0 Å². The lowest BCUT2D eigenvalue weighted by molar-refractivity contribution is 0.172. The second-order valence-corrected chi connectivity index (χ2v) is 10.4. The highest BCUT2D eigenvalue weighted by Crippen LogP contribution is 2.42. The Morgan fingerprint density at radius 3 is 2.06 bits per heavy atom. The lowest BCUT2D eigenvalue weighted by Crippen LogP contribution is -2.23. The van der Waals surface area contributed by atoms with Crippen LogP contribution in [0.1, 0.15) is 89.5 Å². The standard InChI is InChI=1S/C29H38F2/c1-3-21-4-8-23(9-5-21)20(2)18-22-6-10-24(11-7-22)26-14-17-28(29(31)19-26)25-12-15-27(30)16-13-25/h12-17,19-24H,3-11,18H2,1-2H3. The third kappa shape index (κ3) is 5.57. The van der Waals surface area contributed by atoms with Gasteiger partial charge in [0, 0.05) is 5.56 Å². The molecule has 168 valence electrons. The molecule has 0 spiro atoms. The second kappa shape index (κ2) is 10.3. The predicted molar refractivity (Wildman–Crippen MR) is 126 cm³/mol. The summed E-state index contributed by atoms with van der Waals surface area (Å²) in [7, 11) is 0. The van der Waals surface area contributed by atoms with E-state index in [0.29, 0.717) is 11.5 Å². The number of hydrogen-bond donors (Lipinski definition) is 0. The molecule has 0 N–H and O–H groups in total. The van der Waals surface area contributed by atoms with Crippen LogP contribution in [0.3, 0.4) is 0 Å². The summed E-state index contributed by atoms with van der Waals surface area (Å²) in [6.07, 6.45) is 13.4. The molecule has 0 amide bonds. The largest absolute Gasteiger partial charge is 0.207 e. The first-order valence-electron chi connectivity index (χ1n) is 12.6. The van der Waals surface area contributed by atoms with Gasteiger partial charge in [0.25, 0.3) is 0 Å². The predicted octanol–water partition coefficient (Wildman–Crippen LogP) is 9.15. The van der Waals surface area contributed by atoms with Crippen LogP contribution in [-0.4, -0.2) is 0 Å². The van der Waals surface area contributed by atoms with Gasteiger partial charge in [-0.05, 0) is 104 Å². The molecule has 0 nitrogen and oxygen atoms in total. The van der Waals surface area contributed by atoms with Crippen molar-refractivity contribution in [3.8, 4) is 11.1 Å². The first-order chi connectivity index (χ1) is 15.0. The highest BCUT2D eigenvalue weighted by molar-refractivity contribution is 5.64. The van der Waals surface area contributed by atoms with E-state index in [-0.39, 0.29) is 11.6 Å². The van der Waals surface area contributed by atoms with E-state index in [1.807, 2.05) is 6.07 Å². The first kappa shape index (κ1) is 22.5. The monoisotopic (exact) mass is 424 g/mol.